The molecule has 0 atom stereocenters. The van der Waals surface area contributed by atoms with Gasteiger partial charge < -0.3 is 5.32 Å². The van der Waals surface area contributed by atoms with Crippen LogP contribution in [0.4, 0.5) is 0 Å². The molecule has 2 aromatic rings. The van der Waals surface area contributed by atoms with Crippen molar-refractivity contribution in [1.29, 1.82) is 0 Å². The molecule has 0 aliphatic heterocycles. The van der Waals surface area contributed by atoms with Gasteiger partial charge in [-0.1, -0.05) is 6.92 Å². The van der Waals surface area contributed by atoms with Gasteiger partial charge >= 0.3 is 0 Å². The number of nitrogens with one attached hydrogen (secondary N) is 3. The summed E-state index contributed by atoms with van der Waals surface area (Å²) >= 11 is 1.44. The highest BCUT2D eigenvalue weighted by Crippen LogP contribution is 2.22. The fourth-order valence-electron chi connectivity index (χ4n) is 1.74. The molecule has 2 rings (SSSR count). The average Bonchev–Trinajstić information content (AvgIpc) is 3.03. The van der Waals surface area contributed by atoms with Crippen LogP contribution in [0.1, 0.15) is 23.1 Å². The molecule has 0 fully saturated rings. The highest BCUT2D eigenvalue weighted by Gasteiger charge is 2.19. The normalized spacial score (nSPS) is 11.9. The Bertz CT molecular complexity index is 661. The molecule has 0 aliphatic carbocycles. The van der Waals surface area contributed by atoms with Crippen LogP contribution in [0.3, 0.4) is 0 Å². The molecule has 0 radical (unpaired) electrons. The van der Waals surface area contributed by atoms with Gasteiger partial charge in [0.15, 0.2) is 0 Å². The van der Waals surface area contributed by atoms with E-state index in [1.165, 1.54) is 11.3 Å². The lowest BCUT2D eigenvalue weighted by molar-refractivity contribution is 0.579. The SMILES string of the molecule is CCNCc1sccc1S(=O)(=O)NCc1cn[nH]c1C. The van der Waals surface area contributed by atoms with Crippen molar-refractivity contribution >= 4 is 21.4 Å². The molecule has 2 aromatic heterocycles. The van der Waals surface area contributed by atoms with Gasteiger partial charge in [-0.2, -0.15) is 5.10 Å². The predicted molar refractivity (Wildman–Crippen MR) is 79.0 cm³/mol. The maximum Gasteiger partial charge on any atom is 0.242 e. The maximum absolute atomic E-state index is 12.3. The first kappa shape index (κ1) is 15.2. The van der Waals surface area contributed by atoms with Gasteiger partial charge in [0.25, 0.3) is 0 Å². The lowest BCUT2D eigenvalue weighted by atomic mass is 10.3. The number of rotatable bonds is 7. The van der Waals surface area contributed by atoms with Gasteiger partial charge in [0.2, 0.25) is 10.0 Å². The number of nitrogens with zero attached hydrogens (tertiary/aromatic N) is 1. The highest BCUT2D eigenvalue weighted by atomic mass is 32.2. The third-order valence-corrected chi connectivity index (χ3v) is 5.45. The molecule has 2 heterocycles. The third kappa shape index (κ3) is 3.45. The second-order valence-electron chi connectivity index (χ2n) is 4.33. The molecule has 6 nitrogen and oxygen atoms in total. The molecule has 0 aliphatic rings. The summed E-state index contributed by atoms with van der Waals surface area (Å²) < 4.78 is 27.3. The van der Waals surface area contributed by atoms with Crippen LogP contribution >= 0.6 is 11.3 Å². The van der Waals surface area contributed by atoms with E-state index < -0.39 is 10.0 Å². The number of thiophene rings is 1. The maximum atomic E-state index is 12.3. The van der Waals surface area contributed by atoms with Crippen molar-refractivity contribution in [3.8, 4) is 0 Å². The summed E-state index contributed by atoms with van der Waals surface area (Å²) in [5.74, 6) is 0. The minimum Gasteiger partial charge on any atom is -0.312 e. The van der Waals surface area contributed by atoms with Crippen LogP contribution in [0.2, 0.25) is 0 Å². The lowest BCUT2D eigenvalue weighted by Crippen LogP contribution is -2.24. The third-order valence-electron chi connectivity index (χ3n) is 2.92. The molecule has 0 amide bonds. The van der Waals surface area contributed by atoms with Gasteiger partial charge in [-0.3, -0.25) is 5.10 Å². The molecule has 3 N–H and O–H groups in total. The molecular weight excluding hydrogens is 296 g/mol. The zero-order chi connectivity index (χ0) is 14.6. The summed E-state index contributed by atoms with van der Waals surface area (Å²) in [6.45, 7) is 5.45. The number of sulfonamides is 1. The van der Waals surface area contributed by atoms with E-state index in [1.54, 1.807) is 17.6 Å². The van der Waals surface area contributed by atoms with Gasteiger partial charge in [0.05, 0.1) is 11.1 Å². The van der Waals surface area contributed by atoms with Crippen molar-refractivity contribution in [3.05, 3.63) is 33.8 Å². The summed E-state index contributed by atoms with van der Waals surface area (Å²) in [6, 6.07) is 1.64. The van der Waals surface area contributed by atoms with Gasteiger partial charge in [0, 0.05) is 29.2 Å². The summed E-state index contributed by atoms with van der Waals surface area (Å²) in [5, 5.41) is 11.6. The van der Waals surface area contributed by atoms with Gasteiger partial charge in [-0.25, -0.2) is 13.1 Å². The fourth-order valence-corrected chi connectivity index (χ4v) is 4.16. The van der Waals surface area contributed by atoms with Crippen LogP contribution in [0.5, 0.6) is 0 Å². The first-order valence-electron chi connectivity index (χ1n) is 6.30. The van der Waals surface area contributed by atoms with Crippen molar-refractivity contribution in [2.45, 2.75) is 31.8 Å². The summed E-state index contributed by atoms with van der Waals surface area (Å²) in [7, 11) is -3.49. The van der Waals surface area contributed by atoms with Crippen molar-refractivity contribution in [1.82, 2.24) is 20.2 Å². The molecule has 20 heavy (non-hydrogen) atoms. The number of hydrogen-bond acceptors (Lipinski definition) is 5. The standard InChI is InChI=1S/C12H18N4O2S2/c1-3-13-8-11-12(4-5-19-11)20(17,18)15-7-10-6-14-16-9(10)2/h4-6,13,15H,3,7-8H2,1-2H3,(H,14,16). The Morgan fingerprint density at radius 2 is 2.20 bits per heavy atom. The molecule has 0 saturated carbocycles. The predicted octanol–water partition coefficient (Wildman–Crippen LogP) is 1.37. The highest BCUT2D eigenvalue weighted by molar-refractivity contribution is 7.89. The largest absolute Gasteiger partial charge is 0.312 e. The minimum atomic E-state index is -3.49. The first-order valence-corrected chi connectivity index (χ1v) is 8.66. The van der Waals surface area contributed by atoms with E-state index in [2.05, 4.69) is 20.2 Å². The number of hydrogen-bond donors (Lipinski definition) is 3. The molecule has 0 spiro atoms. The van der Waals surface area contributed by atoms with Crippen LogP contribution in [0, 0.1) is 6.92 Å². The molecular formula is C12H18N4O2S2. The topological polar surface area (TPSA) is 86.9 Å². The zero-order valence-corrected chi connectivity index (χ0v) is 13.1. The molecule has 110 valence electrons. The van der Waals surface area contributed by atoms with Crippen LogP contribution in [-0.2, 0) is 23.1 Å². The van der Waals surface area contributed by atoms with Crippen molar-refractivity contribution in [2.24, 2.45) is 0 Å². The zero-order valence-electron chi connectivity index (χ0n) is 11.4. The van der Waals surface area contributed by atoms with E-state index in [0.717, 1.165) is 22.7 Å². The van der Waals surface area contributed by atoms with Crippen LogP contribution < -0.4 is 10.0 Å². The van der Waals surface area contributed by atoms with E-state index in [-0.39, 0.29) is 6.54 Å². The number of H-pyrrole nitrogens is 1. The lowest BCUT2D eigenvalue weighted by Gasteiger charge is -2.07. The number of aromatic nitrogens is 2. The van der Waals surface area contributed by atoms with Crippen LogP contribution in [-0.4, -0.2) is 25.2 Å². The number of aryl methyl sites for hydroxylation is 1. The summed E-state index contributed by atoms with van der Waals surface area (Å²) in [4.78, 5) is 1.17. The second-order valence-corrected chi connectivity index (χ2v) is 7.07. The minimum absolute atomic E-state index is 0.237. The summed E-state index contributed by atoms with van der Waals surface area (Å²) in [6.07, 6.45) is 1.63. The Labute approximate surface area is 122 Å². The molecule has 0 aromatic carbocycles. The Morgan fingerprint density at radius 1 is 1.40 bits per heavy atom. The molecule has 0 bridgehead atoms. The second kappa shape index (κ2) is 6.49. The Kier molecular flexibility index (Phi) is 4.92. The average molecular weight is 314 g/mol. The van der Waals surface area contributed by atoms with Gasteiger partial charge in [-0.05, 0) is 24.9 Å². The summed E-state index contributed by atoms with van der Waals surface area (Å²) in [5.41, 5.74) is 1.71. The molecule has 8 heteroatoms. The molecule has 0 unspecified atom stereocenters. The van der Waals surface area contributed by atoms with Crippen molar-refractivity contribution in [3.63, 3.8) is 0 Å². The van der Waals surface area contributed by atoms with E-state index in [0.29, 0.717) is 11.4 Å². The van der Waals surface area contributed by atoms with Crippen LogP contribution in [0.15, 0.2) is 22.5 Å². The monoisotopic (exact) mass is 314 g/mol. The van der Waals surface area contributed by atoms with Gasteiger partial charge in [-0.15, -0.1) is 11.3 Å². The van der Waals surface area contributed by atoms with E-state index in [4.69, 9.17) is 0 Å². The van der Waals surface area contributed by atoms with Crippen LogP contribution in [0.25, 0.3) is 0 Å². The Hall–Kier alpha value is -1.22. The van der Waals surface area contributed by atoms with Crippen molar-refractivity contribution in [2.75, 3.05) is 6.54 Å². The Balaban J connectivity index is 2.10. The molecule has 0 saturated heterocycles. The smallest absolute Gasteiger partial charge is 0.242 e. The fraction of sp³-hybridized carbons (Fsp3) is 0.417. The van der Waals surface area contributed by atoms with E-state index in [9.17, 15) is 8.42 Å². The van der Waals surface area contributed by atoms with E-state index >= 15 is 0 Å². The Morgan fingerprint density at radius 3 is 2.85 bits per heavy atom. The van der Waals surface area contributed by atoms with Crippen molar-refractivity contribution < 1.29 is 8.42 Å². The van der Waals surface area contributed by atoms with Gasteiger partial charge in [0.1, 0.15) is 0 Å². The van der Waals surface area contributed by atoms with E-state index in [1.807, 2.05) is 13.8 Å². The number of aromatic amines is 1. The quantitative estimate of drug-likeness (QED) is 0.720. The first-order chi connectivity index (χ1) is 9.54.